The summed E-state index contributed by atoms with van der Waals surface area (Å²) in [4.78, 5) is 2.27. The first-order valence-electron chi connectivity index (χ1n) is 6.64. The molecule has 0 heterocycles. The lowest BCUT2D eigenvalue weighted by atomic mass is 10.1. The third kappa shape index (κ3) is 4.91. The second-order valence-corrected chi connectivity index (χ2v) is 5.36. The van der Waals surface area contributed by atoms with E-state index in [1.54, 1.807) is 7.11 Å². The summed E-state index contributed by atoms with van der Waals surface area (Å²) in [6.07, 6.45) is 1.17. The minimum absolute atomic E-state index is 0.0914. The number of methoxy groups -OCH3 is 1. The minimum Gasteiger partial charge on any atom is -0.496 e. The van der Waals surface area contributed by atoms with Crippen LogP contribution in [0.3, 0.4) is 0 Å². The first-order chi connectivity index (χ1) is 8.93. The van der Waals surface area contributed by atoms with E-state index in [1.165, 1.54) is 6.42 Å². The van der Waals surface area contributed by atoms with Gasteiger partial charge in [-0.1, -0.05) is 13.8 Å². The molecule has 4 nitrogen and oxygen atoms in total. The highest BCUT2D eigenvalue weighted by Gasteiger charge is 2.09. The molecule has 1 rings (SSSR count). The lowest BCUT2D eigenvalue weighted by molar-refractivity contribution is 0.297. The highest BCUT2D eigenvalue weighted by Crippen LogP contribution is 2.21. The highest BCUT2D eigenvalue weighted by molar-refractivity contribution is 5.95. The number of nitrogens with one attached hydrogen (secondary N) is 1. The summed E-state index contributed by atoms with van der Waals surface area (Å²) < 4.78 is 5.37. The zero-order chi connectivity index (χ0) is 14.4. The number of nitrogens with two attached hydrogens (primary N) is 1. The van der Waals surface area contributed by atoms with Crippen molar-refractivity contribution in [3.63, 3.8) is 0 Å². The number of ether oxygens (including phenoxy) is 1. The lowest BCUT2D eigenvalue weighted by Gasteiger charge is -2.20. The zero-order valence-corrected chi connectivity index (χ0v) is 12.4. The van der Waals surface area contributed by atoms with Crippen LogP contribution in [0.1, 0.15) is 31.4 Å². The molecule has 3 N–H and O–H groups in total. The smallest absolute Gasteiger partial charge is 0.123 e. The molecule has 0 fully saturated rings. The third-order valence-corrected chi connectivity index (χ3v) is 3.12. The number of nitrogen functional groups attached to an aromatic ring is 1. The van der Waals surface area contributed by atoms with E-state index in [-0.39, 0.29) is 5.84 Å². The summed E-state index contributed by atoms with van der Waals surface area (Å²) in [7, 11) is 3.77. The molecule has 106 valence electrons. The van der Waals surface area contributed by atoms with Gasteiger partial charge in [0, 0.05) is 17.7 Å². The Hall–Kier alpha value is -1.55. The van der Waals surface area contributed by atoms with Crippen molar-refractivity contribution < 1.29 is 4.74 Å². The summed E-state index contributed by atoms with van der Waals surface area (Å²) in [5, 5.41) is 7.50. The second-order valence-electron chi connectivity index (χ2n) is 5.36. The maximum absolute atomic E-state index is 7.50. The molecule has 0 unspecified atom stereocenters. The van der Waals surface area contributed by atoms with E-state index in [4.69, 9.17) is 15.9 Å². The molecular weight excluding hydrogens is 238 g/mol. The van der Waals surface area contributed by atoms with Crippen LogP contribution in [0.25, 0.3) is 0 Å². The van der Waals surface area contributed by atoms with Crippen molar-refractivity contribution in [3.05, 3.63) is 29.3 Å². The van der Waals surface area contributed by atoms with Gasteiger partial charge in [-0.2, -0.15) is 0 Å². The molecule has 19 heavy (non-hydrogen) atoms. The van der Waals surface area contributed by atoms with E-state index < -0.39 is 0 Å². The Morgan fingerprint density at radius 2 is 2.11 bits per heavy atom. The van der Waals surface area contributed by atoms with Gasteiger partial charge in [-0.05, 0) is 44.1 Å². The van der Waals surface area contributed by atoms with Crippen LogP contribution in [-0.2, 0) is 6.54 Å². The third-order valence-electron chi connectivity index (χ3n) is 3.12. The van der Waals surface area contributed by atoms with Gasteiger partial charge in [-0.25, -0.2) is 0 Å². The molecule has 0 aliphatic rings. The molecule has 1 aromatic carbocycles. The fourth-order valence-corrected chi connectivity index (χ4v) is 1.92. The van der Waals surface area contributed by atoms with Gasteiger partial charge in [0.25, 0.3) is 0 Å². The van der Waals surface area contributed by atoms with E-state index >= 15 is 0 Å². The Bertz CT molecular complexity index is 429. The Morgan fingerprint density at radius 1 is 1.42 bits per heavy atom. The standard InChI is InChI=1S/C15H25N3O/c1-11(2)7-8-18(3)10-13-9-12(15(16)17)5-6-14(13)19-4/h5-6,9,11H,7-8,10H2,1-4H3,(H3,16,17). The van der Waals surface area contributed by atoms with E-state index in [0.29, 0.717) is 5.92 Å². The van der Waals surface area contributed by atoms with Crippen molar-refractivity contribution in [1.82, 2.24) is 4.90 Å². The first kappa shape index (κ1) is 15.5. The molecule has 0 radical (unpaired) electrons. The molecule has 0 atom stereocenters. The van der Waals surface area contributed by atoms with Crippen LogP contribution in [-0.4, -0.2) is 31.4 Å². The summed E-state index contributed by atoms with van der Waals surface area (Å²) in [5.41, 5.74) is 7.35. The van der Waals surface area contributed by atoms with Gasteiger partial charge in [0.2, 0.25) is 0 Å². The van der Waals surface area contributed by atoms with Gasteiger partial charge < -0.3 is 15.4 Å². The molecule has 1 aromatic rings. The molecule has 0 saturated carbocycles. The minimum atomic E-state index is 0.0914. The fourth-order valence-electron chi connectivity index (χ4n) is 1.92. The number of amidine groups is 1. The van der Waals surface area contributed by atoms with Gasteiger partial charge >= 0.3 is 0 Å². The average molecular weight is 263 g/mol. The molecule has 0 aliphatic carbocycles. The summed E-state index contributed by atoms with van der Waals surface area (Å²) in [6, 6.07) is 5.63. The molecule has 0 saturated heterocycles. The van der Waals surface area contributed by atoms with Crippen LogP contribution in [0.2, 0.25) is 0 Å². The summed E-state index contributed by atoms with van der Waals surface area (Å²) in [5.74, 6) is 1.64. The van der Waals surface area contributed by atoms with Crippen molar-refractivity contribution in [2.75, 3.05) is 20.7 Å². The van der Waals surface area contributed by atoms with Gasteiger partial charge in [0.05, 0.1) is 7.11 Å². The quantitative estimate of drug-likeness (QED) is 0.587. The monoisotopic (exact) mass is 263 g/mol. The maximum Gasteiger partial charge on any atom is 0.123 e. The molecule has 0 bridgehead atoms. The van der Waals surface area contributed by atoms with Gasteiger partial charge in [-0.3, -0.25) is 5.41 Å². The number of hydrogen-bond acceptors (Lipinski definition) is 3. The highest BCUT2D eigenvalue weighted by atomic mass is 16.5. The first-order valence-corrected chi connectivity index (χ1v) is 6.64. The summed E-state index contributed by atoms with van der Waals surface area (Å²) in [6.45, 7) is 6.30. The maximum atomic E-state index is 7.50. The fraction of sp³-hybridized carbons (Fsp3) is 0.533. The Morgan fingerprint density at radius 3 is 2.63 bits per heavy atom. The normalized spacial score (nSPS) is 11.1. The van der Waals surface area contributed by atoms with Crippen LogP contribution in [0, 0.1) is 11.3 Å². The SMILES string of the molecule is COc1ccc(C(=N)N)cc1CN(C)CCC(C)C. The Balaban J connectivity index is 2.79. The van der Waals surface area contributed by atoms with Crippen LogP contribution in [0.15, 0.2) is 18.2 Å². The Kier molecular flexibility index (Phi) is 5.83. The van der Waals surface area contributed by atoms with Crippen LogP contribution in [0.4, 0.5) is 0 Å². The second kappa shape index (κ2) is 7.14. The Labute approximate surface area is 116 Å². The largest absolute Gasteiger partial charge is 0.496 e. The predicted molar refractivity (Wildman–Crippen MR) is 79.8 cm³/mol. The van der Waals surface area contributed by atoms with Crippen LogP contribution >= 0.6 is 0 Å². The van der Waals surface area contributed by atoms with Gasteiger partial charge in [-0.15, -0.1) is 0 Å². The van der Waals surface area contributed by atoms with Crippen LogP contribution < -0.4 is 10.5 Å². The molecule has 0 spiro atoms. The van der Waals surface area contributed by atoms with Crippen molar-refractivity contribution in [2.24, 2.45) is 11.7 Å². The van der Waals surface area contributed by atoms with Crippen molar-refractivity contribution in [2.45, 2.75) is 26.8 Å². The van der Waals surface area contributed by atoms with Crippen molar-refractivity contribution in [3.8, 4) is 5.75 Å². The van der Waals surface area contributed by atoms with E-state index in [9.17, 15) is 0 Å². The molecule has 0 amide bonds. The zero-order valence-electron chi connectivity index (χ0n) is 12.4. The van der Waals surface area contributed by atoms with Crippen LogP contribution in [0.5, 0.6) is 5.75 Å². The van der Waals surface area contributed by atoms with Gasteiger partial charge in [0.1, 0.15) is 11.6 Å². The van der Waals surface area contributed by atoms with Crippen molar-refractivity contribution >= 4 is 5.84 Å². The van der Waals surface area contributed by atoms with Gasteiger partial charge in [0.15, 0.2) is 0 Å². The topological polar surface area (TPSA) is 62.3 Å². The van der Waals surface area contributed by atoms with E-state index in [2.05, 4.69) is 25.8 Å². The summed E-state index contributed by atoms with van der Waals surface area (Å²) >= 11 is 0. The predicted octanol–water partition coefficient (Wildman–Crippen LogP) is 2.46. The number of rotatable bonds is 7. The number of benzene rings is 1. The van der Waals surface area contributed by atoms with Crippen molar-refractivity contribution in [1.29, 1.82) is 5.41 Å². The lowest BCUT2D eigenvalue weighted by Crippen LogP contribution is -2.21. The molecule has 0 aliphatic heterocycles. The average Bonchev–Trinajstić information content (AvgIpc) is 2.36. The van der Waals surface area contributed by atoms with E-state index in [1.807, 2.05) is 18.2 Å². The molecule has 0 aromatic heterocycles. The van der Waals surface area contributed by atoms with E-state index in [0.717, 1.165) is 30.0 Å². The molecular formula is C15H25N3O. The number of hydrogen-bond donors (Lipinski definition) is 2. The number of nitrogens with zero attached hydrogens (tertiary/aromatic N) is 1. The molecule has 4 heteroatoms.